The van der Waals surface area contributed by atoms with Gasteiger partial charge in [-0.25, -0.2) is 4.98 Å². The molecular formula is C26H20ClN3O3. The van der Waals surface area contributed by atoms with E-state index in [1.54, 1.807) is 41.8 Å². The van der Waals surface area contributed by atoms with E-state index in [2.05, 4.69) is 4.98 Å². The molecule has 1 unspecified atom stereocenters. The molecule has 2 aromatic carbocycles. The molecule has 0 spiro atoms. The second-order valence-electron chi connectivity index (χ2n) is 7.94. The smallest absolute Gasteiger partial charge is 0.295 e. The van der Waals surface area contributed by atoms with Gasteiger partial charge < -0.3 is 10.0 Å². The predicted octanol–water partition coefficient (Wildman–Crippen LogP) is 4.92. The lowest BCUT2D eigenvalue weighted by atomic mass is 9.96. The number of rotatable bonds is 4. The Labute approximate surface area is 195 Å². The highest BCUT2D eigenvalue weighted by molar-refractivity contribution is 6.46. The van der Waals surface area contributed by atoms with Gasteiger partial charge in [-0.2, -0.15) is 0 Å². The maximum Gasteiger partial charge on any atom is 0.295 e. The number of likely N-dealkylation sites (tertiary alicyclic amines) is 1. The molecule has 4 aromatic rings. The average molecular weight is 458 g/mol. The molecule has 6 nitrogen and oxygen atoms in total. The molecule has 0 radical (unpaired) electrons. The van der Waals surface area contributed by atoms with E-state index in [9.17, 15) is 14.7 Å². The first-order valence-corrected chi connectivity index (χ1v) is 10.9. The Morgan fingerprint density at radius 1 is 1.03 bits per heavy atom. The fourth-order valence-electron chi connectivity index (χ4n) is 4.37. The minimum absolute atomic E-state index is 0.0203. The Balaban J connectivity index is 1.73. The fraction of sp³-hybridized carbons (Fsp3) is 0.115. The first-order valence-electron chi connectivity index (χ1n) is 10.5. The minimum atomic E-state index is -0.794. The van der Waals surface area contributed by atoms with E-state index in [1.165, 1.54) is 4.90 Å². The number of nitrogens with zero attached hydrogens (tertiary/aromatic N) is 3. The summed E-state index contributed by atoms with van der Waals surface area (Å²) in [4.78, 5) is 32.4. The number of pyridine rings is 1. The summed E-state index contributed by atoms with van der Waals surface area (Å²) in [6, 6.07) is 21.1. The molecule has 7 heteroatoms. The van der Waals surface area contributed by atoms with Gasteiger partial charge in [-0.3, -0.25) is 14.0 Å². The number of hydrogen-bond acceptors (Lipinski definition) is 4. The summed E-state index contributed by atoms with van der Waals surface area (Å²) in [5.74, 6) is -1.67. The van der Waals surface area contributed by atoms with Crippen molar-refractivity contribution in [2.24, 2.45) is 0 Å². The number of imidazole rings is 1. The van der Waals surface area contributed by atoms with Crippen LogP contribution >= 0.6 is 11.6 Å². The molecule has 3 heterocycles. The van der Waals surface area contributed by atoms with Crippen molar-refractivity contribution in [2.45, 2.75) is 19.5 Å². The number of carbonyl (C=O) groups excluding carboxylic acids is 2. The van der Waals surface area contributed by atoms with Gasteiger partial charge >= 0.3 is 0 Å². The van der Waals surface area contributed by atoms with Gasteiger partial charge in [-0.1, -0.05) is 60.1 Å². The van der Waals surface area contributed by atoms with Crippen LogP contribution in [0.3, 0.4) is 0 Å². The van der Waals surface area contributed by atoms with E-state index in [4.69, 9.17) is 11.6 Å². The van der Waals surface area contributed by atoms with Crippen LogP contribution in [0.15, 0.2) is 84.6 Å². The van der Waals surface area contributed by atoms with E-state index in [-0.39, 0.29) is 17.9 Å². The molecule has 0 saturated carbocycles. The number of fused-ring (bicyclic) bond motifs is 1. The Morgan fingerprint density at radius 2 is 1.79 bits per heavy atom. The third-order valence-electron chi connectivity index (χ3n) is 5.83. The van der Waals surface area contributed by atoms with Crippen LogP contribution in [0, 0.1) is 6.92 Å². The van der Waals surface area contributed by atoms with Crippen LogP contribution in [0.2, 0.25) is 5.02 Å². The van der Waals surface area contributed by atoms with E-state index in [1.807, 2.05) is 48.5 Å². The molecular weight excluding hydrogens is 438 g/mol. The molecule has 1 atom stereocenters. The van der Waals surface area contributed by atoms with Crippen molar-refractivity contribution in [2.75, 3.05) is 0 Å². The van der Waals surface area contributed by atoms with Crippen molar-refractivity contribution in [1.82, 2.24) is 14.3 Å². The third-order valence-corrected chi connectivity index (χ3v) is 6.06. The highest BCUT2D eigenvalue weighted by Crippen LogP contribution is 2.41. The van der Waals surface area contributed by atoms with E-state index in [0.29, 0.717) is 27.6 Å². The van der Waals surface area contributed by atoms with Crippen molar-refractivity contribution in [1.29, 1.82) is 0 Å². The Morgan fingerprint density at radius 3 is 2.55 bits per heavy atom. The van der Waals surface area contributed by atoms with Crippen LogP contribution in [-0.4, -0.2) is 31.1 Å². The van der Waals surface area contributed by atoms with Gasteiger partial charge in [0.05, 0.1) is 17.3 Å². The van der Waals surface area contributed by atoms with Gasteiger partial charge in [0.1, 0.15) is 11.3 Å². The molecule has 1 saturated heterocycles. The SMILES string of the molecule is Cc1nc2ccccn2c1/C(O)=C1\C(=O)C(=O)N(Cc2ccccc2)C1c1cccc(Cl)c1. The summed E-state index contributed by atoms with van der Waals surface area (Å²) in [6.45, 7) is 1.97. The molecule has 1 aliphatic rings. The van der Waals surface area contributed by atoms with Crippen LogP contribution in [0.25, 0.3) is 11.4 Å². The van der Waals surface area contributed by atoms with E-state index < -0.39 is 17.7 Å². The van der Waals surface area contributed by atoms with Crippen molar-refractivity contribution >= 4 is 34.7 Å². The summed E-state index contributed by atoms with van der Waals surface area (Å²) in [5, 5.41) is 11.9. The highest BCUT2D eigenvalue weighted by atomic mass is 35.5. The van der Waals surface area contributed by atoms with Crippen molar-refractivity contribution in [3.8, 4) is 0 Å². The standard InChI is InChI=1S/C26H20ClN3O3/c1-16-22(29-13-6-5-12-20(29)28-16)24(31)21-23(18-10-7-11-19(27)14-18)30(26(33)25(21)32)15-17-8-3-2-4-9-17/h2-14,23,31H,15H2,1H3/b24-21+. The molecule has 1 aliphatic heterocycles. The molecule has 164 valence electrons. The number of aliphatic hydroxyl groups is 1. The number of aliphatic hydroxyl groups excluding tert-OH is 1. The van der Waals surface area contributed by atoms with Crippen LogP contribution in [0.4, 0.5) is 0 Å². The normalized spacial score (nSPS) is 17.8. The summed E-state index contributed by atoms with van der Waals surface area (Å²) in [7, 11) is 0. The average Bonchev–Trinajstić information content (AvgIpc) is 3.28. The number of ketones is 1. The topological polar surface area (TPSA) is 74.9 Å². The highest BCUT2D eigenvalue weighted by Gasteiger charge is 2.46. The summed E-state index contributed by atoms with van der Waals surface area (Å²) in [5.41, 5.74) is 3.11. The molecule has 1 fully saturated rings. The van der Waals surface area contributed by atoms with Crippen molar-refractivity contribution < 1.29 is 14.7 Å². The molecule has 2 aromatic heterocycles. The quantitative estimate of drug-likeness (QED) is 0.268. The van der Waals surface area contributed by atoms with Gasteiger partial charge in [0, 0.05) is 17.8 Å². The maximum atomic E-state index is 13.3. The minimum Gasteiger partial charge on any atom is -0.505 e. The first-order chi connectivity index (χ1) is 16.0. The number of hydrogen-bond donors (Lipinski definition) is 1. The number of aromatic nitrogens is 2. The maximum absolute atomic E-state index is 13.3. The van der Waals surface area contributed by atoms with Crippen LogP contribution in [-0.2, 0) is 16.1 Å². The molecule has 0 bridgehead atoms. The summed E-state index contributed by atoms with van der Waals surface area (Å²) in [6.07, 6.45) is 1.76. The van der Waals surface area contributed by atoms with Gasteiger partial charge in [-0.05, 0) is 42.3 Å². The monoisotopic (exact) mass is 457 g/mol. The molecule has 1 N–H and O–H groups in total. The largest absolute Gasteiger partial charge is 0.505 e. The number of amides is 1. The zero-order chi connectivity index (χ0) is 23.1. The lowest BCUT2D eigenvalue weighted by Crippen LogP contribution is -2.29. The lowest BCUT2D eigenvalue weighted by molar-refractivity contribution is -0.140. The molecule has 33 heavy (non-hydrogen) atoms. The third kappa shape index (κ3) is 3.58. The number of benzene rings is 2. The molecule has 5 rings (SSSR count). The van der Waals surface area contributed by atoms with Crippen LogP contribution in [0.1, 0.15) is 28.6 Å². The number of Topliss-reactive ketones (excluding diaryl/α,β-unsaturated/α-hetero) is 1. The van der Waals surface area contributed by atoms with Crippen LogP contribution in [0.5, 0.6) is 0 Å². The van der Waals surface area contributed by atoms with Gasteiger partial charge in [0.2, 0.25) is 0 Å². The van der Waals surface area contributed by atoms with Gasteiger partial charge in [0.25, 0.3) is 11.7 Å². The predicted molar refractivity (Wildman–Crippen MR) is 126 cm³/mol. The van der Waals surface area contributed by atoms with E-state index >= 15 is 0 Å². The van der Waals surface area contributed by atoms with Crippen LogP contribution < -0.4 is 0 Å². The fourth-order valence-corrected chi connectivity index (χ4v) is 4.57. The number of aryl methyl sites for hydroxylation is 1. The second kappa shape index (κ2) is 8.22. The first kappa shape index (κ1) is 21.0. The number of carbonyl (C=O) groups is 2. The molecule has 0 aliphatic carbocycles. The van der Waals surface area contributed by atoms with E-state index in [0.717, 1.165) is 5.56 Å². The second-order valence-corrected chi connectivity index (χ2v) is 8.38. The van der Waals surface area contributed by atoms with Gasteiger partial charge in [-0.15, -0.1) is 0 Å². The van der Waals surface area contributed by atoms with Crippen molar-refractivity contribution in [3.63, 3.8) is 0 Å². The molecule has 1 amide bonds. The Hall–Kier alpha value is -3.90. The van der Waals surface area contributed by atoms with Gasteiger partial charge in [0.15, 0.2) is 5.76 Å². The lowest BCUT2D eigenvalue weighted by Gasteiger charge is -2.25. The number of halogens is 1. The summed E-state index contributed by atoms with van der Waals surface area (Å²) >= 11 is 6.25. The van der Waals surface area contributed by atoms with Crippen molar-refractivity contribution in [3.05, 3.63) is 112 Å². The Bertz CT molecular complexity index is 1430. The summed E-state index contributed by atoms with van der Waals surface area (Å²) < 4.78 is 1.71. The Kier molecular flexibility index (Phi) is 5.23. The zero-order valence-electron chi connectivity index (χ0n) is 17.8. The zero-order valence-corrected chi connectivity index (χ0v) is 18.5.